The van der Waals surface area contributed by atoms with Crippen molar-refractivity contribution < 1.29 is 0 Å². The average molecular weight is 370 g/mol. The quantitative estimate of drug-likeness (QED) is 0.458. The highest BCUT2D eigenvalue weighted by atomic mass is 79.9. The van der Waals surface area contributed by atoms with Crippen molar-refractivity contribution in [2.24, 2.45) is 11.8 Å². The third-order valence-corrected chi connectivity index (χ3v) is 20.6. The standard InChI is InChI=1S/C11H22Br2Si2/c1-14(2,12)11(15(3,4)13)8-9-5-6-10(11)7-9/h9-10H,5-8H2,1-4H3. The molecule has 0 aromatic rings. The fourth-order valence-corrected chi connectivity index (χ4v) is 28.4. The van der Waals surface area contributed by atoms with Crippen molar-refractivity contribution in [3.05, 3.63) is 0 Å². The second kappa shape index (κ2) is 3.69. The molecular weight excluding hydrogens is 348 g/mol. The molecule has 0 spiro atoms. The van der Waals surface area contributed by atoms with E-state index in [9.17, 15) is 0 Å². The van der Waals surface area contributed by atoms with Gasteiger partial charge in [-0.2, -0.15) is 0 Å². The van der Waals surface area contributed by atoms with Crippen LogP contribution in [0.4, 0.5) is 0 Å². The maximum Gasteiger partial charge on any atom is 0.128 e. The van der Waals surface area contributed by atoms with E-state index >= 15 is 0 Å². The maximum absolute atomic E-state index is 4.14. The first-order valence-electron chi connectivity index (χ1n) is 6.06. The minimum absolute atomic E-state index is 0.697. The molecule has 0 nitrogen and oxygen atoms in total. The fraction of sp³-hybridized carbons (Fsp3) is 1.00. The Bertz CT molecular complexity index is 251. The molecule has 2 bridgehead atoms. The van der Waals surface area contributed by atoms with Crippen molar-refractivity contribution in [3.63, 3.8) is 0 Å². The molecule has 0 N–H and O–H groups in total. The van der Waals surface area contributed by atoms with E-state index < -0.39 is 13.4 Å². The second-order valence-corrected chi connectivity index (χ2v) is 26.6. The number of hydrogen-bond donors (Lipinski definition) is 0. The molecule has 0 aromatic heterocycles. The van der Waals surface area contributed by atoms with Gasteiger partial charge < -0.3 is 0 Å². The van der Waals surface area contributed by atoms with E-state index in [-0.39, 0.29) is 0 Å². The molecule has 0 aliphatic heterocycles. The zero-order valence-electron chi connectivity index (χ0n) is 10.2. The van der Waals surface area contributed by atoms with Gasteiger partial charge in [0.2, 0.25) is 0 Å². The summed E-state index contributed by atoms with van der Waals surface area (Å²) in [6, 6.07) is 0. The van der Waals surface area contributed by atoms with Gasteiger partial charge in [-0.1, -0.05) is 39.0 Å². The van der Waals surface area contributed by atoms with E-state index in [0.29, 0.717) is 4.66 Å². The Kier molecular flexibility index (Phi) is 3.16. The zero-order valence-corrected chi connectivity index (χ0v) is 15.4. The van der Waals surface area contributed by atoms with Crippen LogP contribution in [0.3, 0.4) is 0 Å². The van der Waals surface area contributed by atoms with Gasteiger partial charge >= 0.3 is 0 Å². The van der Waals surface area contributed by atoms with E-state index in [4.69, 9.17) is 0 Å². The lowest BCUT2D eigenvalue weighted by Crippen LogP contribution is -2.54. The summed E-state index contributed by atoms with van der Waals surface area (Å²) >= 11 is 8.29. The third-order valence-electron chi connectivity index (χ3n) is 4.97. The molecule has 0 saturated heterocycles. The number of halogens is 2. The summed E-state index contributed by atoms with van der Waals surface area (Å²) in [7, 11) is 0. The predicted molar refractivity (Wildman–Crippen MR) is 81.0 cm³/mol. The van der Waals surface area contributed by atoms with Crippen LogP contribution in [-0.4, -0.2) is 13.4 Å². The van der Waals surface area contributed by atoms with Gasteiger partial charge in [-0.05, 0) is 29.3 Å². The fourth-order valence-electron chi connectivity index (χ4n) is 4.49. The molecule has 2 unspecified atom stereocenters. The Morgan fingerprint density at radius 1 is 1.00 bits per heavy atom. The topological polar surface area (TPSA) is 0 Å². The Morgan fingerprint density at radius 2 is 1.53 bits per heavy atom. The van der Waals surface area contributed by atoms with Crippen LogP contribution in [0.25, 0.3) is 0 Å². The zero-order chi connectivity index (χ0) is 11.5. The normalized spacial score (nSPS) is 34.8. The Balaban J connectivity index is 2.42. The summed E-state index contributed by atoms with van der Waals surface area (Å²) in [5.41, 5.74) is 0. The summed E-state index contributed by atoms with van der Waals surface area (Å²) in [4.78, 5) is 0. The summed E-state index contributed by atoms with van der Waals surface area (Å²) in [6.45, 7) is 7.65. The SMILES string of the molecule is C[Si](C)(Br)C1([Si](C)(C)Br)CC2CCC1C2. The second-order valence-electron chi connectivity index (χ2n) is 6.50. The highest BCUT2D eigenvalue weighted by molar-refractivity contribution is 9.27. The highest BCUT2D eigenvalue weighted by Gasteiger charge is 2.65. The van der Waals surface area contributed by atoms with Crippen LogP contribution >= 0.6 is 30.6 Å². The summed E-state index contributed by atoms with van der Waals surface area (Å²) in [5, 5.41) is 0. The van der Waals surface area contributed by atoms with E-state index in [1.165, 1.54) is 25.7 Å². The molecule has 0 radical (unpaired) electrons. The summed E-state index contributed by atoms with van der Waals surface area (Å²) < 4.78 is 0.697. The molecule has 2 atom stereocenters. The molecule has 2 aliphatic rings. The molecule has 15 heavy (non-hydrogen) atoms. The van der Waals surface area contributed by atoms with E-state index in [1.807, 2.05) is 0 Å². The number of rotatable bonds is 2. The average Bonchev–Trinajstić information content (AvgIpc) is 2.57. The minimum atomic E-state index is -1.24. The van der Waals surface area contributed by atoms with Crippen LogP contribution in [0.2, 0.25) is 30.8 Å². The number of hydrogen-bond acceptors (Lipinski definition) is 0. The van der Waals surface area contributed by atoms with Gasteiger partial charge in [-0.15, -0.1) is 30.6 Å². The molecule has 2 aliphatic carbocycles. The van der Waals surface area contributed by atoms with Crippen molar-refractivity contribution >= 4 is 44.0 Å². The number of fused-ring (bicyclic) bond motifs is 2. The summed E-state index contributed by atoms with van der Waals surface area (Å²) in [5.74, 6) is 2.09. The first kappa shape index (κ1) is 12.8. The van der Waals surface area contributed by atoms with Gasteiger partial charge in [-0.3, -0.25) is 0 Å². The molecule has 0 heterocycles. The lowest BCUT2D eigenvalue weighted by molar-refractivity contribution is 0.428. The maximum atomic E-state index is 4.14. The van der Waals surface area contributed by atoms with Crippen LogP contribution in [0.5, 0.6) is 0 Å². The largest absolute Gasteiger partial charge is 0.128 e. The molecule has 0 amide bonds. The molecular formula is C11H22Br2Si2. The Hall–Kier alpha value is 1.39. The van der Waals surface area contributed by atoms with E-state index in [1.54, 1.807) is 0 Å². The van der Waals surface area contributed by atoms with E-state index in [0.717, 1.165) is 11.8 Å². The molecule has 2 rings (SSSR count). The lowest BCUT2D eigenvalue weighted by atomic mass is 9.99. The smallest absolute Gasteiger partial charge is 0.126 e. The first-order valence-corrected chi connectivity index (χ1v) is 16.6. The van der Waals surface area contributed by atoms with Crippen molar-refractivity contribution in [2.45, 2.75) is 56.5 Å². The molecule has 2 saturated carbocycles. The summed E-state index contributed by atoms with van der Waals surface area (Å²) in [6.07, 6.45) is 6.08. The van der Waals surface area contributed by atoms with Gasteiger partial charge in [0.1, 0.15) is 13.4 Å². The van der Waals surface area contributed by atoms with Gasteiger partial charge in [0.05, 0.1) is 0 Å². The van der Waals surface area contributed by atoms with Crippen LogP contribution in [0.1, 0.15) is 25.7 Å². The van der Waals surface area contributed by atoms with Crippen molar-refractivity contribution in [1.82, 2.24) is 0 Å². The molecule has 2 fully saturated rings. The predicted octanol–water partition coefficient (Wildman–Crippen LogP) is 5.29. The first-order chi connectivity index (χ1) is 6.68. The van der Waals surface area contributed by atoms with Gasteiger partial charge in [0.25, 0.3) is 0 Å². The van der Waals surface area contributed by atoms with E-state index in [2.05, 4.69) is 56.8 Å². The van der Waals surface area contributed by atoms with Crippen molar-refractivity contribution in [3.8, 4) is 0 Å². The van der Waals surface area contributed by atoms with Crippen molar-refractivity contribution in [1.29, 1.82) is 0 Å². The Morgan fingerprint density at radius 3 is 1.73 bits per heavy atom. The molecule has 0 aromatic carbocycles. The third kappa shape index (κ3) is 1.78. The monoisotopic (exact) mass is 368 g/mol. The molecule has 88 valence electrons. The minimum Gasteiger partial charge on any atom is -0.126 e. The Labute approximate surface area is 112 Å². The van der Waals surface area contributed by atoms with Crippen LogP contribution in [-0.2, 0) is 0 Å². The van der Waals surface area contributed by atoms with Crippen molar-refractivity contribution in [2.75, 3.05) is 0 Å². The van der Waals surface area contributed by atoms with Crippen LogP contribution < -0.4 is 0 Å². The lowest BCUT2D eigenvalue weighted by Gasteiger charge is -2.52. The van der Waals surface area contributed by atoms with Gasteiger partial charge in [0, 0.05) is 0 Å². The molecule has 4 heteroatoms. The van der Waals surface area contributed by atoms with Gasteiger partial charge in [-0.25, -0.2) is 0 Å². The van der Waals surface area contributed by atoms with Gasteiger partial charge in [0.15, 0.2) is 0 Å². The van der Waals surface area contributed by atoms with Crippen LogP contribution in [0.15, 0.2) is 0 Å². The van der Waals surface area contributed by atoms with Crippen LogP contribution in [0, 0.1) is 11.8 Å². The highest BCUT2D eigenvalue weighted by Crippen LogP contribution is 2.70.